The Kier molecular flexibility index (Phi) is 5.64. The number of benzene rings is 1. The van der Waals surface area contributed by atoms with Crippen LogP contribution in [0.25, 0.3) is 10.2 Å². The number of aromatic nitrogens is 1. The first-order valence-corrected chi connectivity index (χ1v) is 10.2. The van der Waals surface area contributed by atoms with Crippen molar-refractivity contribution in [3.05, 3.63) is 24.3 Å². The van der Waals surface area contributed by atoms with Crippen molar-refractivity contribution in [3.8, 4) is 0 Å². The first-order valence-electron chi connectivity index (χ1n) is 8.40. The lowest BCUT2D eigenvalue weighted by molar-refractivity contribution is -0.152. The minimum absolute atomic E-state index is 0.149. The maximum Gasteiger partial charge on any atom is 0.331 e. The summed E-state index contributed by atoms with van der Waals surface area (Å²) >= 11 is 2.98. The topological polar surface area (TPSA) is 68.3 Å². The zero-order valence-electron chi connectivity index (χ0n) is 14.4. The zero-order chi connectivity index (χ0) is 17.9. The first kappa shape index (κ1) is 18.2. The lowest BCUT2D eigenvalue weighted by Gasteiger charge is -2.37. The predicted molar refractivity (Wildman–Crippen MR) is 101 cm³/mol. The number of carbonyl (C=O) groups excluding carboxylic acids is 2. The second-order valence-electron chi connectivity index (χ2n) is 6.54. The Hall–Kier alpha value is -1.60. The molecule has 1 aliphatic carbocycles. The van der Waals surface area contributed by atoms with Crippen molar-refractivity contribution in [2.75, 3.05) is 12.9 Å². The number of hydrogen-bond donors (Lipinski definition) is 1. The van der Waals surface area contributed by atoms with Crippen molar-refractivity contribution in [2.45, 2.75) is 42.5 Å². The number of rotatable bonds is 5. The van der Waals surface area contributed by atoms with E-state index in [-0.39, 0.29) is 17.6 Å². The number of thioether (sulfide) groups is 1. The van der Waals surface area contributed by atoms with Gasteiger partial charge in [0, 0.05) is 0 Å². The second kappa shape index (κ2) is 7.74. The first-order chi connectivity index (χ1) is 12.0. The minimum atomic E-state index is -0.869. The van der Waals surface area contributed by atoms with Gasteiger partial charge in [0.1, 0.15) is 5.54 Å². The number of methoxy groups -OCH3 is 1. The number of ether oxygens (including phenoxy) is 1. The molecule has 1 aromatic carbocycles. The average molecular weight is 379 g/mol. The molecule has 1 heterocycles. The number of nitrogens with one attached hydrogen (secondary N) is 1. The summed E-state index contributed by atoms with van der Waals surface area (Å²) in [6, 6.07) is 7.91. The van der Waals surface area contributed by atoms with Gasteiger partial charge in [-0.1, -0.05) is 30.8 Å². The van der Waals surface area contributed by atoms with Gasteiger partial charge in [-0.3, -0.25) is 4.79 Å². The second-order valence-corrected chi connectivity index (χ2v) is 8.79. The Morgan fingerprint density at radius 3 is 2.76 bits per heavy atom. The van der Waals surface area contributed by atoms with Crippen LogP contribution in [0.4, 0.5) is 0 Å². The maximum absolute atomic E-state index is 12.4. The van der Waals surface area contributed by atoms with Crippen LogP contribution in [0.15, 0.2) is 28.6 Å². The highest BCUT2D eigenvalue weighted by Crippen LogP contribution is 2.33. The van der Waals surface area contributed by atoms with Crippen LogP contribution in [-0.2, 0) is 14.3 Å². The number of carbonyl (C=O) groups is 2. The molecule has 3 rings (SSSR count). The van der Waals surface area contributed by atoms with E-state index in [0.717, 1.165) is 27.4 Å². The van der Waals surface area contributed by atoms with E-state index >= 15 is 0 Å². The van der Waals surface area contributed by atoms with Gasteiger partial charge in [0.2, 0.25) is 5.91 Å². The van der Waals surface area contributed by atoms with E-state index in [1.807, 2.05) is 24.3 Å². The summed E-state index contributed by atoms with van der Waals surface area (Å²) in [6.45, 7) is 2.17. The molecule has 1 N–H and O–H groups in total. The average Bonchev–Trinajstić information content (AvgIpc) is 3.04. The Bertz CT molecular complexity index is 734. The van der Waals surface area contributed by atoms with Crippen LogP contribution in [-0.4, -0.2) is 35.3 Å². The highest BCUT2D eigenvalue weighted by molar-refractivity contribution is 8.01. The molecule has 1 aliphatic rings. The molecule has 1 aromatic heterocycles. The van der Waals surface area contributed by atoms with E-state index in [1.54, 1.807) is 11.3 Å². The molecule has 0 bridgehead atoms. The third-order valence-corrected chi connectivity index (χ3v) is 6.86. The van der Waals surface area contributed by atoms with Crippen LogP contribution in [0.1, 0.15) is 32.6 Å². The van der Waals surface area contributed by atoms with Gasteiger partial charge in [-0.2, -0.15) is 0 Å². The van der Waals surface area contributed by atoms with E-state index in [9.17, 15) is 9.59 Å². The van der Waals surface area contributed by atoms with Crippen molar-refractivity contribution in [2.24, 2.45) is 5.92 Å². The van der Waals surface area contributed by atoms with Crippen LogP contribution < -0.4 is 5.32 Å². The minimum Gasteiger partial charge on any atom is -0.467 e. The fourth-order valence-electron chi connectivity index (χ4n) is 3.17. The number of hydrogen-bond acceptors (Lipinski definition) is 6. The van der Waals surface area contributed by atoms with E-state index in [4.69, 9.17) is 4.74 Å². The van der Waals surface area contributed by atoms with Crippen molar-refractivity contribution in [3.63, 3.8) is 0 Å². The number of amides is 1. The monoisotopic (exact) mass is 378 g/mol. The smallest absolute Gasteiger partial charge is 0.331 e. The molecule has 0 aliphatic heterocycles. The molecule has 1 saturated carbocycles. The fraction of sp³-hybridized carbons (Fsp3) is 0.500. The zero-order valence-corrected chi connectivity index (χ0v) is 16.0. The van der Waals surface area contributed by atoms with Crippen molar-refractivity contribution >= 4 is 45.2 Å². The number of nitrogens with zero attached hydrogens (tertiary/aromatic N) is 1. The lowest BCUT2D eigenvalue weighted by atomic mass is 9.77. The molecule has 134 valence electrons. The molecule has 0 radical (unpaired) electrons. The van der Waals surface area contributed by atoms with E-state index < -0.39 is 5.54 Å². The van der Waals surface area contributed by atoms with Crippen molar-refractivity contribution in [1.82, 2.24) is 10.3 Å². The summed E-state index contributed by atoms with van der Waals surface area (Å²) in [5.74, 6) is 0.336. The molecule has 5 nitrogen and oxygen atoms in total. The summed E-state index contributed by atoms with van der Waals surface area (Å²) in [5.41, 5.74) is 0.0784. The summed E-state index contributed by atoms with van der Waals surface area (Å²) in [4.78, 5) is 29.2. The van der Waals surface area contributed by atoms with Crippen LogP contribution in [0.2, 0.25) is 0 Å². The molecule has 0 spiro atoms. The van der Waals surface area contributed by atoms with Gasteiger partial charge in [-0.15, -0.1) is 11.3 Å². The van der Waals surface area contributed by atoms with Crippen molar-refractivity contribution < 1.29 is 14.3 Å². The van der Waals surface area contributed by atoms with Crippen LogP contribution in [0, 0.1) is 5.92 Å². The van der Waals surface area contributed by atoms with Crippen LogP contribution in [0.5, 0.6) is 0 Å². The molecule has 2 aromatic rings. The molecule has 7 heteroatoms. The molecule has 1 amide bonds. The van der Waals surface area contributed by atoms with Gasteiger partial charge in [0.15, 0.2) is 4.34 Å². The normalized spacial score (nSPS) is 23.4. The molecule has 1 fully saturated rings. The van der Waals surface area contributed by atoms with Gasteiger partial charge in [0.25, 0.3) is 0 Å². The van der Waals surface area contributed by atoms with Crippen LogP contribution in [0.3, 0.4) is 0 Å². The standard InChI is InChI=1S/C18H22N2O3S2/c1-12-7-9-18(10-8-12,16(22)23-2)20-15(21)11-24-17-19-13-5-3-4-6-14(13)25-17/h3-6,12H,7-11H2,1-2H3,(H,20,21). The number of para-hydroxylation sites is 1. The number of esters is 1. The molecular weight excluding hydrogens is 356 g/mol. The third-order valence-electron chi connectivity index (χ3n) is 4.68. The summed E-state index contributed by atoms with van der Waals surface area (Å²) in [6.07, 6.45) is 3.11. The summed E-state index contributed by atoms with van der Waals surface area (Å²) in [7, 11) is 1.38. The van der Waals surface area contributed by atoms with Gasteiger partial charge >= 0.3 is 5.97 Å². The highest BCUT2D eigenvalue weighted by Gasteiger charge is 2.43. The number of fused-ring (bicyclic) bond motifs is 1. The van der Waals surface area contributed by atoms with Crippen LogP contribution >= 0.6 is 23.1 Å². The van der Waals surface area contributed by atoms with Gasteiger partial charge in [-0.05, 0) is 43.7 Å². The quantitative estimate of drug-likeness (QED) is 0.636. The van der Waals surface area contributed by atoms with Gasteiger partial charge in [0.05, 0.1) is 23.1 Å². The van der Waals surface area contributed by atoms with E-state index in [1.165, 1.54) is 18.9 Å². The molecule has 0 unspecified atom stereocenters. The van der Waals surface area contributed by atoms with E-state index in [0.29, 0.717) is 18.8 Å². The largest absolute Gasteiger partial charge is 0.467 e. The van der Waals surface area contributed by atoms with E-state index in [2.05, 4.69) is 17.2 Å². The summed E-state index contributed by atoms with van der Waals surface area (Å²) < 4.78 is 6.93. The molecular formula is C18H22N2O3S2. The Morgan fingerprint density at radius 1 is 1.36 bits per heavy atom. The lowest BCUT2D eigenvalue weighted by Crippen LogP contribution is -2.57. The summed E-state index contributed by atoms with van der Waals surface area (Å²) in [5, 5.41) is 2.95. The van der Waals surface area contributed by atoms with Crippen molar-refractivity contribution in [1.29, 1.82) is 0 Å². The molecule has 0 saturated heterocycles. The Balaban J connectivity index is 1.62. The fourth-order valence-corrected chi connectivity index (χ4v) is 5.04. The molecule has 0 atom stereocenters. The third kappa shape index (κ3) is 4.15. The SMILES string of the molecule is COC(=O)C1(NC(=O)CSc2nc3ccccc3s2)CCC(C)CC1. The highest BCUT2D eigenvalue weighted by atomic mass is 32.2. The van der Waals surface area contributed by atoms with Gasteiger partial charge < -0.3 is 10.1 Å². The van der Waals surface area contributed by atoms with Gasteiger partial charge in [-0.25, -0.2) is 9.78 Å². The maximum atomic E-state index is 12.4. The Morgan fingerprint density at radius 2 is 2.08 bits per heavy atom. The predicted octanol–water partition coefficient (Wildman–Crippen LogP) is 3.63. The molecule has 25 heavy (non-hydrogen) atoms. The Labute approximate surface area is 155 Å². The number of thiazole rings is 1.